The molecule has 0 aromatic rings. The predicted molar refractivity (Wildman–Crippen MR) is 177 cm³/mol. The number of unbranched alkanes of at least 4 members (excludes halogenated alkanes) is 23. The maximum atomic E-state index is 2.52. The van der Waals surface area contributed by atoms with E-state index in [1.165, 1.54) is 193 Å². The Morgan fingerprint density at radius 1 is 0.289 bits per heavy atom. The first kappa shape index (κ1) is 38.0. The van der Waals surface area contributed by atoms with E-state index in [4.69, 9.17) is 0 Å². The summed E-state index contributed by atoms with van der Waals surface area (Å²) in [7, 11) is 0. The van der Waals surface area contributed by atoms with Gasteiger partial charge in [0.2, 0.25) is 0 Å². The molecule has 38 heavy (non-hydrogen) atoms. The molecule has 0 spiro atoms. The molecule has 0 aliphatic carbocycles. The van der Waals surface area contributed by atoms with Gasteiger partial charge in [-0.2, -0.15) is 0 Å². The predicted octanol–water partition coefficient (Wildman–Crippen LogP) is 14.6. The van der Waals surface area contributed by atoms with Crippen molar-refractivity contribution in [2.45, 2.75) is 227 Å². The van der Waals surface area contributed by atoms with Gasteiger partial charge in [0.05, 0.1) is 0 Å². The van der Waals surface area contributed by atoms with Gasteiger partial charge in [0.25, 0.3) is 0 Å². The minimum Gasteiger partial charge on any atom is -0.0654 e. The molecule has 0 saturated heterocycles. The van der Waals surface area contributed by atoms with Crippen molar-refractivity contribution in [3.63, 3.8) is 0 Å². The molecular weight excluding hydrogens is 456 g/mol. The SMILES string of the molecule is CCCCCCCCCCCCCCCCCCCCC(C)CC(C)CCCCCCCCCC(C)CC. The molecule has 0 aliphatic rings. The molecule has 0 rings (SSSR count). The van der Waals surface area contributed by atoms with Crippen molar-refractivity contribution in [2.75, 3.05) is 0 Å². The van der Waals surface area contributed by atoms with Gasteiger partial charge in [-0.3, -0.25) is 0 Å². The van der Waals surface area contributed by atoms with Gasteiger partial charge in [-0.15, -0.1) is 0 Å². The average Bonchev–Trinajstić information content (AvgIpc) is 2.91. The molecule has 0 aromatic carbocycles. The fourth-order valence-corrected chi connectivity index (χ4v) is 6.39. The van der Waals surface area contributed by atoms with E-state index in [0.29, 0.717) is 0 Å². The van der Waals surface area contributed by atoms with Gasteiger partial charge >= 0.3 is 0 Å². The fourth-order valence-electron chi connectivity index (χ4n) is 6.39. The molecule has 0 nitrogen and oxygen atoms in total. The topological polar surface area (TPSA) is 0 Å². The standard InChI is InChI=1S/C38H78/c1-6-8-9-10-11-12-13-14-15-16-17-18-19-20-21-23-27-30-33-37(4)35-38(5)34-31-28-25-22-24-26-29-32-36(3)7-2/h36-38H,6-35H2,1-5H3. The van der Waals surface area contributed by atoms with Gasteiger partial charge in [-0.25, -0.2) is 0 Å². The molecular formula is C38H78. The molecule has 0 saturated carbocycles. The Morgan fingerprint density at radius 3 is 0.789 bits per heavy atom. The average molecular weight is 535 g/mol. The largest absolute Gasteiger partial charge is 0.0654 e. The monoisotopic (exact) mass is 535 g/mol. The molecule has 3 unspecified atom stereocenters. The quantitative estimate of drug-likeness (QED) is 0.0752. The Morgan fingerprint density at radius 2 is 0.526 bits per heavy atom. The summed E-state index contributed by atoms with van der Waals surface area (Å²) in [5.41, 5.74) is 0. The van der Waals surface area contributed by atoms with Crippen LogP contribution in [0.3, 0.4) is 0 Å². The normalized spacial score (nSPS) is 14.1. The van der Waals surface area contributed by atoms with E-state index < -0.39 is 0 Å². The second-order valence-corrected chi connectivity index (χ2v) is 13.8. The Labute approximate surface area is 244 Å². The van der Waals surface area contributed by atoms with E-state index in [0.717, 1.165) is 17.8 Å². The molecule has 0 radical (unpaired) electrons. The van der Waals surface area contributed by atoms with Crippen molar-refractivity contribution in [2.24, 2.45) is 17.8 Å². The van der Waals surface area contributed by atoms with E-state index in [9.17, 15) is 0 Å². The van der Waals surface area contributed by atoms with Crippen LogP contribution in [0.15, 0.2) is 0 Å². The van der Waals surface area contributed by atoms with Gasteiger partial charge in [-0.1, -0.05) is 221 Å². The Bertz CT molecular complexity index is 412. The second-order valence-electron chi connectivity index (χ2n) is 13.8. The zero-order valence-electron chi connectivity index (χ0n) is 27.9. The van der Waals surface area contributed by atoms with Crippen LogP contribution in [-0.4, -0.2) is 0 Å². The van der Waals surface area contributed by atoms with Crippen LogP contribution in [0.5, 0.6) is 0 Å². The summed E-state index contributed by atoms with van der Waals surface area (Å²) in [6, 6.07) is 0. The number of hydrogen-bond donors (Lipinski definition) is 0. The van der Waals surface area contributed by atoms with Crippen molar-refractivity contribution >= 4 is 0 Å². The summed E-state index contributed by atoms with van der Waals surface area (Å²) in [4.78, 5) is 0. The summed E-state index contributed by atoms with van der Waals surface area (Å²) < 4.78 is 0. The molecule has 0 aromatic heterocycles. The minimum atomic E-state index is 0.941. The lowest BCUT2D eigenvalue weighted by Crippen LogP contribution is -2.03. The van der Waals surface area contributed by atoms with Gasteiger partial charge in [0.15, 0.2) is 0 Å². The first-order valence-electron chi connectivity index (χ1n) is 18.6. The van der Waals surface area contributed by atoms with E-state index in [1.807, 2.05) is 0 Å². The van der Waals surface area contributed by atoms with Crippen molar-refractivity contribution in [3.05, 3.63) is 0 Å². The van der Waals surface area contributed by atoms with Gasteiger partial charge in [0, 0.05) is 0 Å². The first-order chi connectivity index (χ1) is 18.6. The third kappa shape index (κ3) is 30.5. The molecule has 0 heterocycles. The number of rotatable bonds is 32. The third-order valence-electron chi connectivity index (χ3n) is 9.45. The van der Waals surface area contributed by atoms with Crippen molar-refractivity contribution in [1.29, 1.82) is 0 Å². The van der Waals surface area contributed by atoms with Crippen LogP contribution in [0.4, 0.5) is 0 Å². The summed E-state index contributed by atoms with van der Waals surface area (Å²) in [5.74, 6) is 2.82. The van der Waals surface area contributed by atoms with Crippen LogP contribution < -0.4 is 0 Å². The lowest BCUT2D eigenvalue weighted by Gasteiger charge is -2.17. The highest BCUT2D eigenvalue weighted by Gasteiger charge is 2.09. The van der Waals surface area contributed by atoms with Crippen LogP contribution in [0.2, 0.25) is 0 Å². The lowest BCUT2D eigenvalue weighted by molar-refractivity contribution is 0.356. The van der Waals surface area contributed by atoms with E-state index >= 15 is 0 Å². The molecule has 0 aliphatic heterocycles. The lowest BCUT2D eigenvalue weighted by atomic mass is 9.89. The van der Waals surface area contributed by atoms with Crippen molar-refractivity contribution < 1.29 is 0 Å². The van der Waals surface area contributed by atoms with Crippen molar-refractivity contribution in [3.8, 4) is 0 Å². The highest BCUT2D eigenvalue weighted by molar-refractivity contribution is 4.61. The third-order valence-corrected chi connectivity index (χ3v) is 9.45. The maximum absolute atomic E-state index is 2.52. The highest BCUT2D eigenvalue weighted by Crippen LogP contribution is 2.23. The zero-order valence-corrected chi connectivity index (χ0v) is 27.9. The summed E-state index contributed by atoms with van der Waals surface area (Å²) >= 11 is 0. The molecule has 0 amide bonds. The smallest absolute Gasteiger partial charge is 0.0440 e. The Hall–Kier alpha value is 0. The van der Waals surface area contributed by atoms with Crippen LogP contribution in [-0.2, 0) is 0 Å². The van der Waals surface area contributed by atoms with Crippen LogP contribution in [0.25, 0.3) is 0 Å². The number of hydrogen-bond acceptors (Lipinski definition) is 0. The van der Waals surface area contributed by atoms with Gasteiger partial charge in [0.1, 0.15) is 0 Å². The van der Waals surface area contributed by atoms with E-state index in [1.54, 1.807) is 0 Å². The minimum absolute atomic E-state index is 0.941. The molecule has 3 atom stereocenters. The first-order valence-corrected chi connectivity index (χ1v) is 18.6. The van der Waals surface area contributed by atoms with Crippen LogP contribution in [0, 0.1) is 17.8 Å². The van der Waals surface area contributed by atoms with E-state index in [2.05, 4.69) is 34.6 Å². The van der Waals surface area contributed by atoms with Gasteiger partial charge in [-0.05, 0) is 24.2 Å². The van der Waals surface area contributed by atoms with Gasteiger partial charge < -0.3 is 0 Å². The molecule has 0 bridgehead atoms. The highest BCUT2D eigenvalue weighted by atomic mass is 14.1. The molecule has 0 fully saturated rings. The Balaban J connectivity index is 3.27. The second kappa shape index (κ2) is 31.5. The van der Waals surface area contributed by atoms with Crippen LogP contribution in [0.1, 0.15) is 227 Å². The molecule has 0 heteroatoms. The zero-order chi connectivity index (χ0) is 27.9. The summed E-state index contributed by atoms with van der Waals surface area (Å²) in [6.07, 6.45) is 44.1. The Kier molecular flexibility index (Phi) is 31.5. The van der Waals surface area contributed by atoms with E-state index in [-0.39, 0.29) is 0 Å². The summed E-state index contributed by atoms with van der Waals surface area (Å²) in [6.45, 7) is 12.1. The molecule has 230 valence electrons. The van der Waals surface area contributed by atoms with Crippen molar-refractivity contribution in [1.82, 2.24) is 0 Å². The fraction of sp³-hybridized carbons (Fsp3) is 1.00. The maximum Gasteiger partial charge on any atom is -0.0440 e. The molecule has 0 N–H and O–H groups in total. The summed E-state index contributed by atoms with van der Waals surface area (Å²) in [5, 5.41) is 0. The van der Waals surface area contributed by atoms with Crippen LogP contribution >= 0.6 is 0 Å².